The quantitative estimate of drug-likeness (QED) is 0.677. The van der Waals surface area contributed by atoms with Crippen molar-refractivity contribution in [3.05, 3.63) is 22.6 Å². The molecule has 0 spiro atoms. The number of aromatic nitrogens is 3. The number of rotatable bonds is 0. The van der Waals surface area contributed by atoms with E-state index in [0.717, 1.165) is 21.8 Å². The van der Waals surface area contributed by atoms with Crippen LogP contribution in [0.5, 0.6) is 0 Å². The summed E-state index contributed by atoms with van der Waals surface area (Å²) in [4.78, 5) is 11.2. The number of imidazole rings is 1. The van der Waals surface area contributed by atoms with Gasteiger partial charge in [-0.15, -0.1) is 0 Å². The maximum atomic E-state index is 6.06. The molecule has 2 aromatic rings. The predicted octanol–water partition coefficient (Wildman–Crippen LogP) is 2.23. The third-order valence-corrected chi connectivity index (χ3v) is 2.46. The van der Waals surface area contributed by atoms with Crippen molar-refractivity contribution in [2.45, 2.75) is 13.8 Å². The molecule has 0 aliphatic carbocycles. The van der Waals surface area contributed by atoms with Crippen molar-refractivity contribution in [2.75, 3.05) is 0 Å². The van der Waals surface area contributed by atoms with E-state index in [0.29, 0.717) is 5.65 Å². The second kappa shape index (κ2) is 2.45. The standard InChI is InChI=1S/C8H8ClN3/c1-4-5(2)12-8-7(6(4)9)10-3-11-8/h3H,1-2H3,(H,10,11,12). The fraction of sp³-hybridized carbons (Fsp3) is 0.250. The van der Waals surface area contributed by atoms with Crippen molar-refractivity contribution in [1.82, 2.24) is 15.0 Å². The number of aryl methyl sites for hydroxylation is 1. The summed E-state index contributed by atoms with van der Waals surface area (Å²) in [6, 6.07) is 0. The number of hydrogen-bond acceptors (Lipinski definition) is 2. The zero-order valence-corrected chi connectivity index (χ0v) is 7.61. The summed E-state index contributed by atoms with van der Waals surface area (Å²) >= 11 is 6.06. The lowest BCUT2D eigenvalue weighted by Gasteiger charge is -2.01. The van der Waals surface area contributed by atoms with Crippen LogP contribution in [0.4, 0.5) is 0 Å². The van der Waals surface area contributed by atoms with Crippen LogP contribution in [0.1, 0.15) is 11.3 Å². The predicted molar refractivity (Wildman–Crippen MR) is 48.4 cm³/mol. The molecule has 0 radical (unpaired) electrons. The van der Waals surface area contributed by atoms with E-state index < -0.39 is 0 Å². The van der Waals surface area contributed by atoms with E-state index in [9.17, 15) is 0 Å². The molecule has 3 nitrogen and oxygen atoms in total. The molecule has 62 valence electrons. The molecule has 2 rings (SSSR count). The SMILES string of the molecule is Cc1nc2nc[nH]c2c(Cl)c1C. The minimum Gasteiger partial charge on any atom is -0.342 e. The van der Waals surface area contributed by atoms with E-state index in [4.69, 9.17) is 11.6 Å². The van der Waals surface area contributed by atoms with Crippen molar-refractivity contribution in [3.63, 3.8) is 0 Å². The van der Waals surface area contributed by atoms with Crippen LogP contribution in [0.15, 0.2) is 6.33 Å². The van der Waals surface area contributed by atoms with Gasteiger partial charge in [-0.25, -0.2) is 9.97 Å². The van der Waals surface area contributed by atoms with Gasteiger partial charge in [0.05, 0.1) is 11.3 Å². The summed E-state index contributed by atoms with van der Waals surface area (Å²) in [5.41, 5.74) is 3.44. The smallest absolute Gasteiger partial charge is 0.179 e. The highest BCUT2D eigenvalue weighted by Crippen LogP contribution is 2.24. The normalized spacial score (nSPS) is 10.9. The van der Waals surface area contributed by atoms with Gasteiger partial charge in [-0.3, -0.25) is 0 Å². The number of pyridine rings is 1. The number of aromatic amines is 1. The molecule has 0 amide bonds. The van der Waals surface area contributed by atoms with Crippen LogP contribution >= 0.6 is 11.6 Å². The van der Waals surface area contributed by atoms with E-state index in [1.54, 1.807) is 6.33 Å². The van der Waals surface area contributed by atoms with E-state index in [-0.39, 0.29) is 0 Å². The topological polar surface area (TPSA) is 41.6 Å². The summed E-state index contributed by atoms with van der Waals surface area (Å²) in [6.07, 6.45) is 1.60. The Kier molecular flexibility index (Phi) is 1.54. The van der Waals surface area contributed by atoms with E-state index >= 15 is 0 Å². The first-order valence-electron chi connectivity index (χ1n) is 3.66. The molecule has 0 aliphatic rings. The minimum absolute atomic E-state index is 0.683. The number of hydrogen-bond donors (Lipinski definition) is 1. The number of nitrogens with one attached hydrogen (secondary N) is 1. The van der Waals surface area contributed by atoms with E-state index in [2.05, 4.69) is 15.0 Å². The van der Waals surface area contributed by atoms with Crippen LogP contribution in [-0.2, 0) is 0 Å². The van der Waals surface area contributed by atoms with Crippen LogP contribution < -0.4 is 0 Å². The largest absolute Gasteiger partial charge is 0.342 e. The first-order valence-corrected chi connectivity index (χ1v) is 4.03. The van der Waals surface area contributed by atoms with Crippen LogP contribution in [0.2, 0.25) is 5.02 Å². The number of halogens is 1. The molecule has 0 unspecified atom stereocenters. The minimum atomic E-state index is 0.683. The van der Waals surface area contributed by atoms with Gasteiger partial charge in [-0.2, -0.15) is 0 Å². The lowest BCUT2D eigenvalue weighted by Crippen LogP contribution is -1.89. The Hall–Kier alpha value is -1.09. The van der Waals surface area contributed by atoms with Gasteiger partial charge in [0.15, 0.2) is 5.65 Å². The van der Waals surface area contributed by atoms with E-state index in [1.807, 2.05) is 13.8 Å². The van der Waals surface area contributed by atoms with Crippen molar-refractivity contribution in [1.29, 1.82) is 0 Å². The molecule has 0 aromatic carbocycles. The Balaban J connectivity index is 2.94. The average Bonchev–Trinajstić information content (AvgIpc) is 2.48. The fourth-order valence-corrected chi connectivity index (χ4v) is 1.40. The Morgan fingerprint density at radius 2 is 2.17 bits per heavy atom. The first kappa shape index (κ1) is 7.55. The molecule has 0 aliphatic heterocycles. The van der Waals surface area contributed by atoms with Crippen LogP contribution in [0, 0.1) is 13.8 Å². The molecular formula is C8H8ClN3. The lowest BCUT2D eigenvalue weighted by atomic mass is 10.2. The van der Waals surface area contributed by atoms with Crippen molar-refractivity contribution < 1.29 is 0 Å². The zero-order chi connectivity index (χ0) is 8.72. The Bertz CT molecular complexity index is 433. The Labute approximate surface area is 74.8 Å². The molecule has 0 saturated heterocycles. The molecular weight excluding hydrogens is 174 g/mol. The number of fused-ring (bicyclic) bond motifs is 1. The van der Waals surface area contributed by atoms with E-state index in [1.165, 1.54) is 0 Å². The fourth-order valence-electron chi connectivity index (χ4n) is 1.12. The molecule has 2 aromatic heterocycles. The molecule has 1 N–H and O–H groups in total. The van der Waals surface area contributed by atoms with Gasteiger partial charge in [0.1, 0.15) is 5.52 Å². The van der Waals surface area contributed by atoms with Gasteiger partial charge >= 0.3 is 0 Å². The summed E-state index contributed by atoms with van der Waals surface area (Å²) < 4.78 is 0. The molecule has 0 atom stereocenters. The summed E-state index contributed by atoms with van der Waals surface area (Å²) in [5, 5.41) is 0.718. The third-order valence-electron chi connectivity index (χ3n) is 1.98. The molecule has 12 heavy (non-hydrogen) atoms. The molecule has 0 saturated carbocycles. The zero-order valence-electron chi connectivity index (χ0n) is 6.85. The average molecular weight is 182 g/mol. The lowest BCUT2D eigenvalue weighted by molar-refractivity contribution is 1.17. The Morgan fingerprint density at radius 3 is 2.92 bits per heavy atom. The highest BCUT2D eigenvalue weighted by Gasteiger charge is 2.07. The van der Waals surface area contributed by atoms with Crippen molar-refractivity contribution >= 4 is 22.8 Å². The summed E-state index contributed by atoms with van der Waals surface area (Å²) in [6.45, 7) is 3.88. The van der Waals surface area contributed by atoms with Crippen LogP contribution in [0.3, 0.4) is 0 Å². The second-order valence-corrected chi connectivity index (χ2v) is 3.12. The van der Waals surface area contributed by atoms with Gasteiger partial charge in [0, 0.05) is 5.69 Å². The Morgan fingerprint density at radius 1 is 1.42 bits per heavy atom. The van der Waals surface area contributed by atoms with Crippen molar-refractivity contribution in [3.8, 4) is 0 Å². The molecule has 0 bridgehead atoms. The van der Waals surface area contributed by atoms with Gasteiger partial charge in [-0.05, 0) is 19.4 Å². The van der Waals surface area contributed by atoms with Gasteiger partial charge in [0.2, 0.25) is 0 Å². The maximum absolute atomic E-state index is 6.06. The third kappa shape index (κ3) is 0.898. The number of nitrogens with zero attached hydrogens (tertiary/aromatic N) is 2. The van der Waals surface area contributed by atoms with Crippen molar-refractivity contribution in [2.24, 2.45) is 0 Å². The van der Waals surface area contributed by atoms with Crippen LogP contribution in [0.25, 0.3) is 11.2 Å². The molecule has 4 heteroatoms. The highest BCUT2D eigenvalue weighted by atomic mass is 35.5. The monoisotopic (exact) mass is 181 g/mol. The van der Waals surface area contributed by atoms with Crippen LogP contribution in [-0.4, -0.2) is 15.0 Å². The van der Waals surface area contributed by atoms with Gasteiger partial charge in [-0.1, -0.05) is 11.6 Å². The van der Waals surface area contributed by atoms with Gasteiger partial charge in [0.25, 0.3) is 0 Å². The summed E-state index contributed by atoms with van der Waals surface area (Å²) in [7, 11) is 0. The van der Waals surface area contributed by atoms with Gasteiger partial charge < -0.3 is 4.98 Å². The highest BCUT2D eigenvalue weighted by molar-refractivity contribution is 6.35. The molecule has 0 fully saturated rings. The first-order chi connectivity index (χ1) is 5.70. The number of H-pyrrole nitrogens is 1. The second-order valence-electron chi connectivity index (χ2n) is 2.74. The maximum Gasteiger partial charge on any atom is 0.179 e. The molecule has 2 heterocycles. The summed E-state index contributed by atoms with van der Waals surface area (Å²) in [5.74, 6) is 0.